The molecule has 142 valence electrons. The molecule has 0 amide bonds. The van der Waals surface area contributed by atoms with Crippen LogP contribution in [-0.2, 0) is 16.6 Å². The number of ether oxygens (including phenoxy) is 1. The minimum absolute atomic E-state index is 0.145. The predicted octanol–water partition coefficient (Wildman–Crippen LogP) is 4.68. The summed E-state index contributed by atoms with van der Waals surface area (Å²) in [6, 6.07) is 19.6. The lowest BCUT2D eigenvalue weighted by Gasteiger charge is -2.11. The highest BCUT2D eigenvalue weighted by Crippen LogP contribution is 2.38. The fraction of sp³-hybridized carbons (Fsp3) is 0.0909. The third-order valence-corrected chi connectivity index (χ3v) is 5.07. The van der Waals surface area contributed by atoms with E-state index in [2.05, 4.69) is 4.72 Å². The molecular weight excluding hydrogens is 377 g/mol. The number of fused-ring (bicyclic) bond motifs is 2. The van der Waals surface area contributed by atoms with E-state index >= 15 is 0 Å². The number of halogens is 1. The van der Waals surface area contributed by atoms with Gasteiger partial charge in [0.2, 0.25) is 10.0 Å². The standard InChI is InChI=1S/C22H18FNO3S/c1-28(25,26)24-16-7-4-6-15(12-16)13-19-17-9-5-10-21(23)20(17)14-27-22-11-3-2-8-18(19)22/h2-13,24H,14H2,1H3. The summed E-state index contributed by atoms with van der Waals surface area (Å²) in [6.07, 6.45) is 3.02. The molecule has 3 aromatic carbocycles. The number of sulfonamides is 1. The average Bonchev–Trinajstić information content (AvgIpc) is 2.79. The van der Waals surface area contributed by atoms with Crippen molar-refractivity contribution in [2.75, 3.05) is 11.0 Å². The Balaban J connectivity index is 1.89. The van der Waals surface area contributed by atoms with E-state index in [4.69, 9.17) is 4.74 Å². The molecule has 0 spiro atoms. The highest BCUT2D eigenvalue weighted by atomic mass is 32.2. The maximum atomic E-state index is 14.5. The normalized spacial score (nSPS) is 14.6. The molecule has 28 heavy (non-hydrogen) atoms. The van der Waals surface area contributed by atoms with E-state index in [9.17, 15) is 12.8 Å². The summed E-state index contributed by atoms with van der Waals surface area (Å²) in [5, 5.41) is 0. The number of para-hydroxylation sites is 1. The van der Waals surface area contributed by atoms with Gasteiger partial charge >= 0.3 is 0 Å². The van der Waals surface area contributed by atoms with Crippen molar-refractivity contribution in [3.63, 3.8) is 0 Å². The van der Waals surface area contributed by atoms with Gasteiger partial charge in [0, 0.05) is 16.8 Å². The van der Waals surface area contributed by atoms with Gasteiger partial charge in [0.15, 0.2) is 0 Å². The molecule has 0 bridgehead atoms. The molecule has 0 aromatic heterocycles. The maximum absolute atomic E-state index is 14.5. The number of hydrogen-bond acceptors (Lipinski definition) is 3. The molecule has 1 aliphatic rings. The van der Waals surface area contributed by atoms with Crippen molar-refractivity contribution in [1.82, 2.24) is 0 Å². The second-order valence-corrected chi connectivity index (χ2v) is 8.36. The lowest BCUT2D eigenvalue weighted by atomic mass is 9.92. The van der Waals surface area contributed by atoms with Gasteiger partial charge in [-0.2, -0.15) is 0 Å². The van der Waals surface area contributed by atoms with Crippen molar-refractivity contribution < 1.29 is 17.5 Å². The van der Waals surface area contributed by atoms with E-state index in [0.717, 1.165) is 28.5 Å². The fourth-order valence-corrected chi connectivity index (χ4v) is 3.85. The maximum Gasteiger partial charge on any atom is 0.229 e. The van der Waals surface area contributed by atoms with Gasteiger partial charge in [-0.15, -0.1) is 0 Å². The van der Waals surface area contributed by atoms with Gasteiger partial charge in [0.05, 0.1) is 6.26 Å². The highest BCUT2D eigenvalue weighted by molar-refractivity contribution is 7.92. The van der Waals surface area contributed by atoms with Gasteiger partial charge < -0.3 is 4.74 Å². The summed E-state index contributed by atoms with van der Waals surface area (Å²) in [4.78, 5) is 0. The molecule has 0 saturated heterocycles. The van der Waals surface area contributed by atoms with Crippen LogP contribution in [-0.4, -0.2) is 14.7 Å². The van der Waals surface area contributed by atoms with Crippen LogP contribution >= 0.6 is 0 Å². The van der Waals surface area contributed by atoms with Crippen molar-refractivity contribution in [2.45, 2.75) is 6.61 Å². The summed E-state index contributed by atoms with van der Waals surface area (Å²) < 4.78 is 45.8. The zero-order valence-electron chi connectivity index (χ0n) is 15.1. The molecule has 0 atom stereocenters. The van der Waals surface area contributed by atoms with Crippen LogP contribution in [0.25, 0.3) is 11.6 Å². The van der Waals surface area contributed by atoms with E-state index in [0.29, 0.717) is 17.0 Å². The Bertz CT molecular complexity index is 1190. The van der Waals surface area contributed by atoms with Gasteiger partial charge in [0.25, 0.3) is 0 Å². The lowest BCUT2D eigenvalue weighted by molar-refractivity contribution is 0.301. The molecule has 0 unspecified atom stereocenters. The number of benzene rings is 3. The molecule has 3 aromatic rings. The average molecular weight is 395 g/mol. The molecule has 1 aliphatic heterocycles. The first-order chi connectivity index (χ1) is 13.4. The zero-order chi connectivity index (χ0) is 19.7. The predicted molar refractivity (Wildman–Crippen MR) is 109 cm³/mol. The van der Waals surface area contributed by atoms with E-state index in [-0.39, 0.29) is 12.4 Å². The summed E-state index contributed by atoms with van der Waals surface area (Å²) in [7, 11) is -3.38. The zero-order valence-corrected chi connectivity index (χ0v) is 16.0. The van der Waals surface area contributed by atoms with Crippen LogP contribution in [0.5, 0.6) is 5.75 Å². The molecule has 0 fully saturated rings. The molecule has 1 heterocycles. The Morgan fingerprint density at radius 2 is 1.75 bits per heavy atom. The van der Waals surface area contributed by atoms with Crippen LogP contribution in [0.4, 0.5) is 10.1 Å². The molecule has 0 aliphatic carbocycles. The molecule has 4 nitrogen and oxygen atoms in total. The minimum atomic E-state index is -3.38. The van der Waals surface area contributed by atoms with Gasteiger partial charge in [-0.1, -0.05) is 42.5 Å². The number of rotatable bonds is 3. The van der Waals surface area contributed by atoms with Crippen LogP contribution in [0.2, 0.25) is 0 Å². The lowest BCUT2D eigenvalue weighted by Crippen LogP contribution is -2.09. The van der Waals surface area contributed by atoms with Crippen molar-refractivity contribution in [2.24, 2.45) is 0 Å². The van der Waals surface area contributed by atoms with Crippen LogP contribution in [0.15, 0.2) is 66.7 Å². The van der Waals surface area contributed by atoms with E-state index in [1.807, 2.05) is 42.5 Å². The summed E-state index contributed by atoms with van der Waals surface area (Å²) >= 11 is 0. The van der Waals surface area contributed by atoms with Crippen molar-refractivity contribution in [3.8, 4) is 5.75 Å². The third kappa shape index (κ3) is 3.77. The van der Waals surface area contributed by atoms with E-state index in [1.54, 1.807) is 24.3 Å². The Morgan fingerprint density at radius 3 is 2.57 bits per heavy atom. The Kier molecular flexibility index (Phi) is 4.65. The van der Waals surface area contributed by atoms with Crippen LogP contribution in [0, 0.1) is 5.82 Å². The fourth-order valence-electron chi connectivity index (χ4n) is 3.30. The molecule has 4 rings (SSSR count). The Labute approximate surface area is 163 Å². The van der Waals surface area contributed by atoms with E-state index < -0.39 is 10.0 Å². The Hall–Kier alpha value is -3.12. The van der Waals surface area contributed by atoms with Gasteiger partial charge in [-0.05, 0) is 47.0 Å². The number of nitrogens with one attached hydrogen (secondary N) is 1. The van der Waals surface area contributed by atoms with Crippen LogP contribution < -0.4 is 9.46 Å². The van der Waals surface area contributed by atoms with Crippen LogP contribution in [0.1, 0.15) is 22.3 Å². The van der Waals surface area contributed by atoms with Crippen LogP contribution in [0.3, 0.4) is 0 Å². The molecule has 0 radical (unpaired) electrons. The van der Waals surface area contributed by atoms with Gasteiger partial charge in [0.1, 0.15) is 18.2 Å². The summed E-state index contributed by atoms with van der Waals surface area (Å²) in [6.45, 7) is 0.145. The first kappa shape index (κ1) is 18.3. The smallest absolute Gasteiger partial charge is 0.229 e. The summed E-state index contributed by atoms with van der Waals surface area (Å²) in [5.41, 5.74) is 4.18. The van der Waals surface area contributed by atoms with E-state index in [1.165, 1.54) is 6.07 Å². The SMILES string of the molecule is CS(=O)(=O)Nc1cccc(C=C2c3ccccc3OCc3c(F)cccc32)c1. The first-order valence-electron chi connectivity index (χ1n) is 8.70. The quantitative estimate of drug-likeness (QED) is 0.701. The topological polar surface area (TPSA) is 55.4 Å². The monoisotopic (exact) mass is 395 g/mol. The van der Waals surface area contributed by atoms with Crippen molar-refractivity contribution in [3.05, 3.63) is 94.8 Å². The van der Waals surface area contributed by atoms with Gasteiger partial charge in [-0.3, -0.25) is 4.72 Å². The second-order valence-electron chi connectivity index (χ2n) is 6.61. The molecule has 6 heteroatoms. The third-order valence-electron chi connectivity index (χ3n) is 4.46. The Morgan fingerprint density at radius 1 is 1.00 bits per heavy atom. The molecule has 0 saturated carbocycles. The summed E-state index contributed by atoms with van der Waals surface area (Å²) in [5.74, 6) is 0.360. The number of anilines is 1. The van der Waals surface area contributed by atoms with Crippen molar-refractivity contribution in [1.29, 1.82) is 0 Å². The highest BCUT2D eigenvalue weighted by Gasteiger charge is 2.21. The first-order valence-corrected chi connectivity index (χ1v) is 10.6. The van der Waals surface area contributed by atoms with Crippen molar-refractivity contribution >= 4 is 27.4 Å². The van der Waals surface area contributed by atoms with Gasteiger partial charge in [-0.25, -0.2) is 12.8 Å². The molecular formula is C22H18FNO3S. The largest absolute Gasteiger partial charge is 0.488 e. The molecule has 1 N–H and O–H groups in total. The number of hydrogen-bond donors (Lipinski definition) is 1. The second kappa shape index (κ2) is 7.13. The minimum Gasteiger partial charge on any atom is -0.488 e.